The van der Waals surface area contributed by atoms with Crippen LogP contribution in [0.5, 0.6) is 0 Å². The zero-order valence-electron chi connectivity index (χ0n) is 13.1. The first-order valence-electron chi connectivity index (χ1n) is 7.89. The van der Waals surface area contributed by atoms with Crippen molar-refractivity contribution >= 4 is 18.3 Å². The van der Waals surface area contributed by atoms with Gasteiger partial charge >= 0.3 is 0 Å². The first-order chi connectivity index (χ1) is 10.2. The molecule has 1 aromatic carbocycles. The van der Waals surface area contributed by atoms with Crippen molar-refractivity contribution in [1.82, 2.24) is 4.90 Å². The highest BCUT2D eigenvalue weighted by Crippen LogP contribution is 2.28. The van der Waals surface area contributed by atoms with E-state index in [0.717, 1.165) is 44.2 Å². The van der Waals surface area contributed by atoms with E-state index >= 15 is 0 Å². The SMILES string of the molecule is COC1CCN(C(=O)c2cccc3c2CCC3)C(CN)C1.Cl. The van der Waals surface area contributed by atoms with Gasteiger partial charge in [0.1, 0.15) is 0 Å². The lowest BCUT2D eigenvalue weighted by atomic mass is 9.96. The van der Waals surface area contributed by atoms with Crippen LogP contribution in [0.25, 0.3) is 0 Å². The molecule has 1 fully saturated rings. The summed E-state index contributed by atoms with van der Waals surface area (Å²) in [7, 11) is 1.74. The summed E-state index contributed by atoms with van der Waals surface area (Å²) >= 11 is 0. The average Bonchev–Trinajstić information content (AvgIpc) is 3.02. The van der Waals surface area contributed by atoms with Crippen molar-refractivity contribution in [2.75, 3.05) is 20.2 Å². The Labute approximate surface area is 138 Å². The van der Waals surface area contributed by atoms with E-state index in [0.29, 0.717) is 6.54 Å². The van der Waals surface area contributed by atoms with Crippen molar-refractivity contribution in [3.63, 3.8) is 0 Å². The topological polar surface area (TPSA) is 55.6 Å². The number of hydrogen-bond acceptors (Lipinski definition) is 3. The third-order valence-electron chi connectivity index (χ3n) is 4.91. The molecule has 1 heterocycles. The molecule has 1 aliphatic heterocycles. The molecule has 0 bridgehead atoms. The van der Waals surface area contributed by atoms with Crippen LogP contribution in [0.3, 0.4) is 0 Å². The van der Waals surface area contributed by atoms with Crippen molar-refractivity contribution in [2.45, 2.75) is 44.2 Å². The van der Waals surface area contributed by atoms with Gasteiger partial charge in [0.05, 0.1) is 6.10 Å². The Hall–Kier alpha value is -1.10. The fourth-order valence-corrected chi connectivity index (χ4v) is 3.69. The van der Waals surface area contributed by atoms with E-state index in [-0.39, 0.29) is 30.5 Å². The van der Waals surface area contributed by atoms with E-state index in [1.54, 1.807) is 7.11 Å². The lowest BCUT2D eigenvalue weighted by Gasteiger charge is -2.38. The number of hydrogen-bond donors (Lipinski definition) is 1. The predicted octanol–water partition coefficient (Wildman–Crippen LogP) is 2.18. The number of halogens is 1. The molecule has 4 nitrogen and oxygen atoms in total. The number of aryl methyl sites for hydroxylation is 1. The van der Waals surface area contributed by atoms with E-state index in [1.807, 2.05) is 17.0 Å². The first-order valence-corrected chi connectivity index (χ1v) is 7.89. The van der Waals surface area contributed by atoms with Gasteiger partial charge in [-0.05, 0) is 49.3 Å². The van der Waals surface area contributed by atoms with Crippen molar-refractivity contribution in [1.29, 1.82) is 0 Å². The molecule has 1 aromatic rings. The molecule has 1 aliphatic carbocycles. The minimum absolute atomic E-state index is 0. The van der Waals surface area contributed by atoms with Gasteiger partial charge in [-0.2, -0.15) is 0 Å². The Kier molecular flexibility index (Phi) is 5.84. The maximum absolute atomic E-state index is 13.0. The standard InChI is InChI=1S/C17H24N2O2.ClH/c1-21-14-8-9-19(13(10-14)11-18)17(20)16-7-3-5-12-4-2-6-15(12)16;/h3,5,7,13-14H,2,4,6,8-11,18H2,1H3;1H. The summed E-state index contributed by atoms with van der Waals surface area (Å²) in [5, 5.41) is 0. The zero-order chi connectivity index (χ0) is 14.8. The molecule has 22 heavy (non-hydrogen) atoms. The minimum atomic E-state index is 0. The molecule has 122 valence electrons. The van der Waals surface area contributed by atoms with Gasteiger partial charge in [0.25, 0.3) is 5.91 Å². The molecule has 3 rings (SSSR count). The van der Waals surface area contributed by atoms with Crippen molar-refractivity contribution in [3.05, 3.63) is 34.9 Å². The maximum atomic E-state index is 13.0. The predicted molar refractivity (Wildman–Crippen MR) is 89.6 cm³/mol. The van der Waals surface area contributed by atoms with Crippen LogP contribution >= 0.6 is 12.4 Å². The second-order valence-electron chi connectivity index (χ2n) is 6.07. The number of carbonyl (C=O) groups excluding carboxylic acids is 1. The van der Waals surface area contributed by atoms with Crippen LogP contribution in [0.1, 0.15) is 40.7 Å². The number of piperidine rings is 1. The van der Waals surface area contributed by atoms with Gasteiger partial charge in [0.2, 0.25) is 0 Å². The molecule has 0 spiro atoms. The maximum Gasteiger partial charge on any atom is 0.254 e. The summed E-state index contributed by atoms with van der Waals surface area (Å²) in [4.78, 5) is 14.9. The molecule has 0 aromatic heterocycles. The summed E-state index contributed by atoms with van der Waals surface area (Å²) in [5.74, 6) is 0.152. The number of ether oxygens (including phenoxy) is 1. The van der Waals surface area contributed by atoms with Crippen molar-refractivity contribution in [3.8, 4) is 0 Å². The number of fused-ring (bicyclic) bond motifs is 1. The number of nitrogens with two attached hydrogens (primary N) is 1. The summed E-state index contributed by atoms with van der Waals surface area (Å²) in [6.07, 6.45) is 5.25. The number of likely N-dealkylation sites (tertiary alicyclic amines) is 1. The Balaban J connectivity index is 0.00000176. The van der Waals surface area contributed by atoms with Crippen LogP contribution in [-0.4, -0.2) is 43.2 Å². The Morgan fingerprint density at radius 3 is 2.95 bits per heavy atom. The fraction of sp³-hybridized carbons (Fsp3) is 0.588. The van der Waals surface area contributed by atoms with Crippen LogP contribution in [0.4, 0.5) is 0 Å². The quantitative estimate of drug-likeness (QED) is 0.927. The largest absolute Gasteiger partial charge is 0.381 e. The number of methoxy groups -OCH3 is 1. The number of nitrogens with zero attached hydrogens (tertiary/aromatic N) is 1. The lowest BCUT2D eigenvalue weighted by molar-refractivity contribution is 0.0138. The summed E-state index contributed by atoms with van der Waals surface area (Å²) < 4.78 is 5.44. The summed E-state index contributed by atoms with van der Waals surface area (Å²) in [6.45, 7) is 1.24. The summed E-state index contributed by atoms with van der Waals surface area (Å²) in [5.41, 5.74) is 9.38. The fourth-order valence-electron chi connectivity index (χ4n) is 3.69. The van der Waals surface area contributed by atoms with Crippen LogP contribution in [-0.2, 0) is 17.6 Å². The molecule has 0 saturated carbocycles. The zero-order valence-corrected chi connectivity index (χ0v) is 13.9. The second kappa shape index (κ2) is 7.44. The minimum Gasteiger partial charge on any atom is -0.381 e. The van der Waals surface area contributed by atoms with Gasteiger partial charge in [-0.25, -0.2) is 0 Å². The number of carbonyl (C=O) groups is 1. The molecular weight excluding hydrogens is 300 g/mol. The highest BCUT2D eigenvalue weighted by Gasteiger charge is 2.32. The molecule has 2 atom stereocenters. The number of amides is 1. The third-order valence-corrected chi connectivity index (χ3v) is 4.91. The van der Waals surface area contributed by atoms with E-state index in [1.165, 1.54) is 11.1 Å². The number of rotatable bonds is 3. The van der Waals surface area contributed by atoms with E-state index in [9.17, 15) is 4.79 Å². The van der Waals surface area contributed by atoms with Gasteiger partial charge < -0.3 is 15.4 Å². The highest BCUT2D eigenvalue weighted by molar-refractivity contribution is 5.96. The van der Waals surface area contributed by atoms with Crippen molar-refractivity contribution < 1.29 is 9.53 Å². The molecule has 1 amide bonds. The number of benzene rings is 1. The molecule has 1 saturated heterocycles. The average molecular weight is 325 g/mol. The van der Waals surface area contributed by atoms with Crippen molar-refractivity contribution in [2.24, 2.45) is 5.73 Å². The van der Waals surface area contributed by atoms with Gasteiger partial charge in [0, 0.05) is 31.8 Å². The highest BCUT2D eigenvalue weighted by atomic mass is 35.5. The van der Waals surface area contributed by atoms with E-state index < -0.39 is 0 Å². The normalized spacial score (nSPS) is 23.8. The van der Waals surface area contributed by atoms with Gasteiger partial charge in [-0.15, -0.1) is 12.4 Å². The van der Waals surface area contributed by atoms with Gasteiger partial charge in [0.15, 0.2) is 0 Å². The van der Waals surface area contributed by atoms with Gasteiger partial charge in [-0.1, -0.05) is 12.1 Å². The van der Waals surface area contributed by atoms with Crippen LogP contribution in [0.2, 0.25) is 0 Å². The van der Waals surface area contributed by atoms with Crippen LogP contribution < -0.4 is 5.73 Å². The Morgan fingerprint density at radius 1 is 1.41 bits per heavy atom. The monoisotopic (exact) mass is 324 g/mol. The molecule has 5 heteroatoms. The third kappa shape index (κ3) is 3.14. The van der Waals surface area contributed by atoms with Gasteiger partial charge in [-0.3, -0.25) is 4.79 Å². The smallest absolute Gasteiger partial charge is 0.254 e. The van der Waals surface area contributed by atoms with E-state index in [4.69, 9.17) is 10.5 Å². The molecule has 0 radical (unpaired) electrons. The molecular formula is C17H25ClN2O2. The summed E-state index contributed by atoms with van der Waals surface area (Å²) in [6, 6.07) is 6.23. The van der Waals surface area contributed by atoms with E-state index in [2.05, 4.69) is 6.07 Å². The molecule has 2 unspecified atom stereocenters. The van der Waals surface area contributed by atoms with Crippen LogP contribution in [0, 0.1) is 0 Å². The lowest BCUT2D eigenvalue weighted by Crippen LogP contribution is -2.51. The second-order valence-corrected chi connectivity index (χ2v) is 6.07. The molecule has 2 aliphatic rings. The molecule has 2 N–H and O–H groups in total. The first kappa shape index (κ1) is 17.3. The Bertz CT molecular complexity index is 535. The Morgan fingerprint density at radius 2 is 2.23 bits per heavy atom. The van der Waals surface area contributed by atoms with Crippen LogP contribution in [0.15, 0.2) is 18.2 Å².